The summed E-state index contributed by atoms with van der Waals surface area (Å²) < 4.78 is 0. The van der Waals surface area contributed by atoms with E-state index in [4.69, 9.17) is 4.98 Å². The van der Waals surface area contributed by atoms with Crippen molar-refractivity contribution in [1.29, 1.82) is 0 Å². The molecule has 1 aliphatic carbocycles. The van der Waals surface area contributed by atoms with Crippen LogP contribution in [-0.4, -0.2) is 21.0 Å². The molecule has 0 amide bonds. The fraction of sp³-hybridized carbons (Fsp3) is 0.421. The van der Waals surface area contributed by atoms with E-state index in [9.17, 15) is 9.59 Å². The monoisotopic (exact) mass is 387 g/mol. The summed E-state index contributed by atoms with van der Waals surface area (Å²) in [5.41, 5.74) is 2.09. The third-order valence-electron chi connectivity index (χ3n) is 4.95. The number of allylic oxidation sites excluding steroid dienone is 2. The first-order valence-corrected chi connectivity index (χ1v) is 10.7. The Morgan fingerprint density at radius 1 is 1.38 bits per heavy atom. The summed E-state index contributed by atoms with van der Waals surface area (Å²) in [6.45, 7) is 4.23. The number of thioether (sulfide) groups is 1. The van der Waals surface area contributed by atoms with Crippen LogP contribution < -0.4 is 10.9 Å². The molecule has 0 radical (unpaired) electrons. The molecule has 5 nitrogen and oxygen atoms in total. The zero-order valence-corrected chi connectivity index (χ0v) is 16.4. The normalized spacial score (nSPS) is 20.4. The summed E-state index contributed by atoms with van der Waals surface area (Å²) in [6, 6.07) is 3.96. The number of thiophene rings is 1. The van der Waals surface area contributed by atoms with Crippen LogP contribution in [0.5, 0.6) is 0 Å². The zero-order chi connectivity index (χ0) is 18.3. The number of aromatic amines is 1. The number of Topliss-reactive ketones (excluding diaryl/α,β-unsaturated/α-hetero) is 1. The fourth-order valence-corrected chi connectivity index (χ4v) is 5.20. The van der Waals surface area contributed by atoms with E-state index in [1.54, 1.807) is 23.1 Å². The van der Waals surface area contributed by atoms with Crippen LogP contribution >= 0.6 is 23.1 Å². The lowest BCUT2D eigenvalue weighted by molar-refractivity contribution is -0.116. The summed E-state index contributed by atoms with van der Waals surface area (Å²) in [6.07, 6.45) is 3.21. The number of nitrogens with one attached hydrogen (secondary N) is 2. The van der Waals surface area contributed by atoms with Crippen LogP contribution in [0.15, 0.2) is 38.7 Å². The van der Waals surface area contributed by atoms with Crippen LogP contribution in [0, 0.1) is 0 Å². The molecule has 4 rings (SSSR count). The lowest BCUT2D eigenvalue weighted by Crippen LogP contribution is -2.32. The Bertz CT molecular complexity index is 931. The molecule has 2 aliphatic rings. The van der Waals surface area contributed by atoms with Crippen molar-refractivity contribution in [2.45, 2.75) is 55.9 Å². The molecule has 26 heavy (non-hydrogen) atoms. The summed E-state index contributed by atoms with van der Waals surface area (Å²) in [5, 5.41) is 6.30. The van der Waals surface area contributed by atoms with Crippen molar-refractivity contribution in [3.05, 3.63) is 49.6 Å². The number of hydrogen-bond donors (Lipinski definition) is 2. The third-order valence-corrected chi connectivity index (χ3v) is 7.04. The Labute approximate surface area is 160 Å². The van der Waals surface area contributed by atoms with Gasteiger partial charge in [-0.3, -0.25) is 9.59 Å². The quantitative estimate of drug-likeness (QED) is 0.605. The number of carbonyl (C=O) groups is 1. The van der Waals surface area contributed by atoms with E-state index in [1.807, 2.05) is 17.5 Å². The number of H-pyrrole nitrogens is 1. The zero-order valence-electron chi connectivity index (χ0n) is 14.8. The minimum absolute atomic E-state index is 0.139. The number of ketones is 1. The van der Waals surface area contributed by atoms with Crippen LogP contribution in [0.2, 0.25) is 0 Å². The topological polar surface area (TPSA) is 74.8 Å². The van der Waals surface area contributed by atoms with Gasteiger partial charge in [0.05, 0.1) is 11.5 Å². The minimum atomic E-state index is -0.312. The first kappa shape index (κ1) is 17.5. The Morgan fingerprint density at radius 2 is 2.23 bits per heavy atom. The number of nitrogens with zero attached hydrogens (tertiary/aromatic N) is 1. The molecule has 0 bridgehead atoms. The fourth-order valence-electron chi connectivity index (χ4n) is 3.51. The molecule has 136 valence electrons. The van der Waals surface area contributed by atoms with Crippen molar-refractivity contribution in [3.8, 4) is 0 Å². The van der Waals surface area contributed by atoms with E-state index in [1.165, 1.54) is 0 Å². The van der Waals surface area contributed by atoms with Crippen molar-refractivity contribution in [3.63, 3.8) is 0 Å². The smallest absolute Gasteiger partial charge is 0.257 e. The average molecular weight is 388 g/mol. The Hall–Kier alpha value is -1.86. The number of carbonyl (C=O) groups excluding carboxylic acids is 1. The first-order chi connectivity index (χ1) is 12.6. The molecule has 2 atom stereocenters. The van der Waals surface area contributed by atoms with E-state index < -0.39 is 0 Å². The second kappa shape index (κ2) is 7.04. The summed E-state index contributed by atoms with van der Waals surface area (Å²) >= 11 is 3.15. The van der Waals surface area contributed by atoms with Crippen LogP contribution in [0.25, 0.3) is 0 Å². The van der Waals surface area contributed by atoms with Gasteiger partial charge in [0.2, 0.25) is 0 Å². The van der Waals surface area contributed by atoms with Gasteiger partial charge < -0.3 is 10.3 Å². The maximum absolute atomic E-state index is 13.0. The van der Waals surface area contributed by atoms with Crippen LogP contribution in [0.4, 0.5) is 5.82 Å². The molecule has 0 aromatic carbocycles. The number of aromatic nitrogens is 2. The van der Waals surface area contributed by atoms with Gasteiger partial charge in [-0.2, -0.15) is 0 Å². The first-order valence-electron chi connectivity index (χ1n) is 8.96. The molecule has 2 aromatic heterocycles. The predicted molar refractivity (Wildman–Crippen MR) is 106 cm³/mol. The van der Waals surface area contributed by atoms with E-state index in [0.29, 0.717) is 28.2 Å². The van der Waals surface area contributed by atoms with Gasteiger partial charge in [-0.05, 0) is 30.7 Å². The molecule has 0 saturated heterocycles. The van der Waals surface area contributed by atoms with Crippen LogP contribution in [-0.2, 0) is 4.79 Å². The van der Waals surface area contributed by atoms with Crippen molar-refractivity contribution >= 4 is 34.7 Å². The Balaban J connectivity index is 1.87. The van der Waals surface area contributed by atoms with Gasteiger partial charge in [-0.15, -0.1) is 11.3 Å². The van der Waals surface area contributed by atoms with E-state index in [2.05, 4.69) is 24.1 Å². The summed E-state index contributed by atoms with van der Waals surface area (Å²) in [4.78, 5) is 34.3. The van der Waals surface area contributed by atoms with Gasteiger partial charge in [-0.25, -0.2) is 4.98 Å². The van der Waals surface area contributed by atoms with Gasteiger partial charge in [-0.1, -0.05) is 31.7 Å². The third kappa shape index (κ3) is 3.03. The Morgan fingerprint density at radius 3 is 2.96 bits per heavy atom. The summed E-state index contributed by atoms with van der Waals surface area (Å²) in [5.74, 6) is 0.430. The maximum atomic E-state index is 13.0. The van der Waals surface area contributed by atoms with Crippen LogP contribution in [0.1, 0.15) is 55.9 Å². The molecular formula is C19H21N3O2S2. The highest BCUT2D eigenvalue weighted by atomic mass is 32.2. The molecular weight excluding hydrogens is 366 g/mol. The van der Waals surface area contributed by atoms with Gasteiger partial charge >= 0.3 is 0 Å². The molecule has 0 saturated carbocycles. The lowest BCUT2D eigenvalue weighted by Gasteiger charge is -2.32. The molecule has 2 N–H and O–H groups in total. The highest BCUT2D eigenvalue weighted by molar-refractivity contribution is 7.99. The molecule has 3 heterocycles. The molecule has 2 aromatic rings. The molecule has 7 heteroatoms. The van der Waals surface area contributed by atoms with Gasteiger partial charge in [0.15, 0.2) is 10.9 Å². The largest absolute Gasteiger partial charge is 0.343 e. The Kier molecular flexibility index (Phi) is 4.75. The van der Waals surface area contributed by atoms with Gasteiger partial charge in [0, 0.05) is 27.8 Å². The molecule has 0 fully saturated rings. The van der Waals surface area contributed by atoms with Crippen LogP contribution in [0.3, 0.4) is 0 Å². The number of anilines is 1. The van der Waals surface area contributed by atoms with E-state index in [0.717, 1.165) is 35.4 Å². The van der Waals surface area contributed by atoms with Gasteiger partial charge in [0.1, 0.15) is 5.82 Å². The van der Waals surface area contributed by atoms with Crippen molar-refractivity contribution < 1.29 is 4.79 Å². The SMILES string of the molecule is CC[C@@H](C)Sc1nc2c(c(=O)[nH]1)[C@@H](c1cccs1)C1=C(CCCC1=O)N2. The maximum Gasteiger partial charge on any atom is 0.257 e. The van der Waals surface area contributed by atoms with E-state index in [-0.39, 0.29) is 17.3 Å². The highest BCUT2D eigenvalue weighted by Crippen LogP contribution is 2.44. The predicted octanol–water partition coefficient (Wildman–Crippen LogP) is 4.29. The number of fused-ring (bicyclic) bond motifs is 1. The molecule has 1 aliphatic heterocycles. The lowest BCUT2D eigenvalue weighted by atomic mass is 9.79. The molecule has 0 unspecified atom stereocenters. The van der Waals surface area contributed by atoms with Gasteiger partial charge in [0.25, 0.3) is 5.56 Å². The number of hydrogen-bond acceptors (Lipinski definition) is 6. The average Bonchev–Trinajstić information content (AvgIpc) is 3.14. The second-order valence-electron chi connectivity index (χ2n) is 6.71. The summed E-state index contributed by atoms with van der Waals surface area (Å²) in [7, 11) is 0. The van der Waals surface area contributed by atoms with Crippen molar-refractivity contribution in [2.75, 3.05) is 5.32 Å². The van der Waals surface area contributed by atoms with Crippen molar-refractivity contribution in [2.24, 2.45) is 0 Å². The molecule has 0 spiro atoms. The minimum Gasteiger partial charge on any atom is -0.343 e. The second-order valence-corrected chi connectivity index (χ2v) is 9.12. The number of rotatable bonds is 4. The van der Waals surface area contributed by atoms with Crippen molar-refractivity contribution in [1.82, 2.24) is 9.97 Å². The highest BCUT2D eigenvalue weighted by Gasteiger charge is 2.38. The van der Waals surface area contributed by atoms with E-state index >= 15 is 0 Å². The standard InChI is InChI=1S/C19H21N3O2S2/c1-3-10(2)26-19-21-17-16(18(24)22-19)15(13-8-5-9-25-13)14-11(20-17)6-4-7-12(14)23/h5,8-10,15H,3-4,6-7H2,1-2H3,(H2,20,21,22,24)/t10-,15+/m1/s1.